The van der Waals surface area contributed by atoms with Crippen LogP contribution in [-0.4, -0.2) is 0 Å². The maximum Gasteiger partial charge on any atom is -0.0350 e. The van der Waals surface area contributed by atoms with Gasteiger partial charge in [-0.2, -0.15) is 0 Å². The molecule has 0 bridgehead atoms. The van der Waals surface area contributed by atoms with Crippen molar-refractivity contribution in [2.45, 2.75) is 26.7 Å². The maximum absolute atomic E-state index is 3.60. The van der Waals surface area contributed by atoms with Crippen molar-refractivity contribution in [2.24, 2.45) is 0 Å². The highest BCUT2D eigenvalue weighted by atomic mass is 13.3. The smallest absolute Gasteiger partial charge is 0.0350 e. The lowest BCUT2D eigenvalue weighted by Gasteiger charge is -1.84. The molecule has 0 aliphatic rings. The molecular weight excluding hydrogens is 85.1 g/mol. The fourth-order valence-corrected chi connectivity index (χ4v) is 0.407. The van der Waals surface area contributed by atoms with Crippen molar-refractivity contribution in [2.75, 3.05) is 0 Å². The summed E-state index contributed by atoms with van der Waals surface area (Å²) in [7, 11) is 0. The molecule has 0 heterocycles. The SMILES string of the molecule is C.C=CC[1CH2]CC=C. The minimum atomic E-state index is 0. The number of hydrogen-bond acceptors (Lipinski definition) is 0. The third-order valence-electron chi connectivity index (χ3n) is 0.816. The average Bonchev–Trinajstić information content (AvgIpc) is 1.69. The van der Waals surface area contributed by atoms with Crippen molar-refractivity contribution in [3.8, 4) is 0 Å². The molecule has 0 aliphatic carbocycles. The first-order valence-corrected chi connectivity index (χ1v) is 2.63. The molecule has 0 spiro atoms. The van der Waals surface area contributed by atoms with Gasteiger partial charge < -0.3 is 0 Å². The van der Waals surface area contributed by atoms with Crippen molar-refractivity contribution >= 4 is 0 Å². The van der Waals surface area contributed by atoms with Gasteiger partial charge in [0.15, 0.2) is 0 Å². The molecule has 0 aromatic heterocycles. The summed E-state index contributed by atoms with van der Waals surface area (Å²) < 4.78 is 0. The summed E-state index contributed by atoms with van der Waals surface area (Å²) in [5, 5.41) is 0. The number of allylic oxidation sites excluding steroid dienone is 2. The van der Waals surface area contributed by atoms with Crippen LogP contribution in [0.25, 0.3) is 0 Å². The Bertz CT molecular complexity index is 45.1. The standard InChI is InChI=1S/C7H12.CH4/c1-3-5-7-6-4-2;/h3-4H,1-2,5-7H2;1H4/i7-11;. The van der Waals surface area contributed by atoms with Gasteiger partial charge >= 0.3 is 0 Å². The van der Waals surface area contributed by atoms with E-state index in [0.29, 0.717) is 0 Å². The fourth-order valence-electron chi connectivity index (χ4n) is 0.407. The first-order valence-electron chi connectivity index (χ1n) is 2.63. The second kappa shape index (κ2) is 9.70. The Labute approximate surface area is 52.9 Å². The van der Waals surface area contributed by atoms with Crippen molar-refractivity contribution < 1.29 is 0 Å². The van der Waals surface area contributed by atoms with Crippen molar-refractivity contribution in [3.63, 3.8) is 0 Å². The molecule has 0 rings (SSSR count). The molecule has 0 unspecified atom stereocenters. The largest absolute Gasteiger partial charge is 0.103 e. The summed E-state index contributed by atoms with van der Waals surface area (Å²) in [6.07, 6.45) is 7.30. The second-order valence-electron chi connectivity index (χ2n) is 1.51. The lowest BCUT2D eigenvalue weighted by molar-refractivity contribution is 0.871. The van der Waals surface area contributed by atoms with Gasteiger partial charge in [-0.05, 0) is 19.3 Å². The van der Waals surface area contributed by atoms with Crippen LogP contribution in [-0.2, 0) is 0 Å². The molecule has 0 fully saturated rings. The van der Waals surface area contributed by atoms with Crippen LogP contribution < -0.4 is 0 Å². The van der Waals surface area contributed by atoms with E-state index in [2.05, 4.69) is 13.2 Å². The zero-order valence-electron chi connectivity index (χ0n) is 4.69. The summed E-state index contributed by atoms with van der Waals surface area (Å²) in [6.45, 7) is 7.20. The van der Waals surface area contributed by atoms with Gasteiger partial charge in [0.25, 0.3) is 0 Å². The average molecular weight is 101 g/mol. The predicted molar refractivity (Wildman–Crippen MR) is 41.0 cm³/mol. The van der Waals surface area contributed by atoms with Crippen molar-refractivity contribution in [1.82, 2.24) is 0 Å². The molecule has 0 aromatic carbocycles. The van der Waals surface area contributed by atoms with E-state index in [1.807, 2.05) is 12.2 Å². The van der Waals surface area contributed by atoms with E-state index in [9.17, 15) is 0 Å². The summed E-state index contributed by atoms with van der Waals surface area (Å²) in [4.78, 5) is 0. The molecule has 0 atom stereocenters. The monoisotopic (exact) mass is 101 g/mol. The minimum Gasteiger partial charge on any atom is -0.103 e. The predicted octanol–water partition coefficient (Wildman–Crippen LogP) is 3.16. The first-order chi connectivity index (χ1) is 3.41. The summed E-state index contributed by atoms with van der Waals surface area (Å²) >= 11 is 0. The lowest BCUT2D eigenvalue weighted by Crippen LogP contribution is -1.64. The van der Waals surface area contributed by atoms with E-state index < -0.39 is 0 Å². The Kier molecular flexibility index (Phi) is 12.7. The van der Waals surface area contributed by atoms with Crippen LogP contribution >= 0.6 is 0 Å². The number of unbranched alkanes of at least 4 members (excludes halogenated alkanes) is 2. The van der Waals surface area contributed by atoms with E-state index in [0.717, 1.165) is 12.8 Å². The zero-order valence-corrected chi connectivity index (χ0v) is 4.69. The first kappa shape index (κ1) is 10.5. The van der Waals surface area contributed by atoms with Gasteiger partial charge in [-0.3, -0.25) is 0 Å². The molecule has 0 aliphatic heterocycles. The van der Waals surface area contributed by atoms with Gasteiger partial charge in [-0.15, -0.1) is 13.2 Å². The van der Waals surface area contributed by atoms with Crippen LogP contribution in [0.4, 0.5) is 0 Å². The Morgan fingerprint density at radius 1 is 1.12 bits per heavy atom. The molecule has 0 nitrogen and oxygen atoms in total. The normalized spacial score (nSPS) is 7.00. The van der Waals surface area contributed by atoms with Gasteiger partial charge in [0.05, 0.1) is 0 Å². The summed E-state index contributed by atoms with van der Waals surface area (Å²) in [6, 6.07) is 0. The molecule has 0 saturated carbocycles. The van der Waals surface area contributed by atoms with Crippen LogP contribution in [0.2, 0.25) is 0 Å². The molecule has 0 heteroatoms. The van der Waals surface area contributed by atoms with Crippen LogP contribution in [0.3, 0.4) is 0 Å². The maximum atomic E-state index is 3.60. The minimum absolute atomic E-state index is 0. The molecule has 0 aromatic rings. The number of hydrogen-bond donors (Lipinski definition) is 0. The Hall–Kier alpha value is -0.520. The highest BCUT2D eigenvalue weighted by molar-refractivity contribution is 4.71. The number of rotatable bonds is 4. The highest BCUT2D eigenvalue weighted by Crippen LogP contribution is 1.93. The van der Waals surface area contributed by atoms with Crippen molar-refractivity contribution in [3.05, 3.63) is 25.3 Å². The van der Waals surface area contributed by atoms with Gasteiger partial charge in [0.2, 0.25) is 0 Å². The summed E-state index contributed by atoms with van der Waals surface area (Å²) in [5.74, 6) is 0. The highest BCUT2D eigenvalue weighted by Gasteiger charge is 1.74. The molecule has 8 heavy (non-hydrogen) atoms. The van der Waals surface area contributed by atoms with E-state index in [4.69, 9.17) is 0 Å². The third kappa shape index (κ3) is 9.08. The molecule has 48 valence electrons. The van der Waals surface area contributed by atoms with Gasteiger partial charge in [-0.1, -0.05) is 19.6 Å². The topological polar surface area (TPSA) is 0 Å². The van der Waals surface area contributed by atoms with Gasteiger partial charge in [0.1, 0.15) is 0 Å². The molecular formula is C8H16. The van der Waals surface area contributed by atoms with Gasteiger partial charge in [-0.25, -0.2) is 0 Å². The molecule has 0 amide bonds. The quantitative estimate of drug-likeness (QED) is 0.377. The van der Waals surface area contributed by atoms with E-state index in [1.165, 1.54) is 6.42 Å². The molecule has 0 radical (unpaired) electrons. The third-order valence-corrected chi connectivity index (χ3v) is 0.816. The Morgan fingerprint density at radius 3 is 1.75 bits per heavy atom. The Balaban J connectivity index is 0. The lowest BCUT2D eigenvalue weighted by atomic mass is 0.820. The van der Waals surface area contributed by atoms with Crippen LogP contribution in [0, 0.1) is 0 Å². The van der Waals surface area contributed by atoms with Crippen LogP contribution in [0.1, 0.15) is 26.7 Å². The van der Waals surface area contributed by atoms with Gasteiger partial charge in [0, 0.05) is 0 Å². The molecule has 0 saturated heterocycles. The summed E-state index contributed by atoms with van der Waals surface area (Å²) in [5.41, 5.74) is 0. The zero-order chi connectivity index (χ0) is 5.54. The van der Waals surface area contributed by atoms with Crippen LogP contribution in [0.15, 0.2) is 25.3 Å². The van der Waals surface area contributed by atoms with E-state index >= 15 is 0 Å². The van der Waals surface area contributed by atoms with E-state index in [1.54, 1.807) is 0 Å². The Morgan fingerprint density at radius 2 is 1.50 bits per heavy atom. The molecule has 0 N–H and O–H groups in total. The van der Waals surface area contributed by atoms with Crippen molar-refractivity contribution in [1.29, 1.82) is 0 Å². The van der Waals surface area contributed by atoms with Crippen LogP contribution in [0.5, 0.6) is 0 Å². The second-order valence-corrected chi connectivity index (χ2v) is 1.51. The van der Waals surface area contributed by atoms with E-state index in [-0.39, 0.29) is 7.43 Å². The fraction of sp³-hybridized carbons (Fsp3) is 0.500.